The summed E-state index contributed by atoms with van der Waals surface area (Å²) in [6.07, 6.45) is 0.440. The van der Waals surface area contributed by atoms with Crippen molar-refractivity contribution < 1.29 is 18.7 Å². The van der Waals surface area contributed by atoms with Gasteiger partial charge in [-0.1, -0.05) is 25.1 Å². The molecular formula is C24H29FN2O3. The number of hydrogen-bond acceptors (Lipinski definition) is 3. The highest BCUT2D eigenvalue weighted by Crippen LogP contribution is 2.37. The Morgan fingerprint density at radius 1 is 1.20 bits per heavy atom. The van der Waals surface area contributed by atoms with Crippen LogP contribution in [0.4, 0.5) is 4.39 Å². The van der Waals surface area contributed by atoms with Gasteiger partial charge in [0.2, 0.25) is 5.91 Å². The second kappa shape index (κ2) is 9.28. The fourth-order valence-corrected chi connectivity index (χ4v) is 3.83. The van der Waals surface area contributed by atoms with Crippen LogP contribution in [0, 0.1) is 5.82 Å². The zero-order chi connectivity index (χ0) is 21.8. The Labute approximate surface area is 177 Å². The normalized spacial score (nSPS) is 16.7. The number of rotatable bonds is 6. The second-order valence-corrected chi connectivity index (χ2v) is 7.93. The number of carbonyl (C=O) groups is 2. The number of ether oxygens (including phenoxy) is 1. The SMILES string of the molecule is CCC(=O)N1CCc2ccc(O[C@@H](C)C(=O)NC(C)C)cc2[C@@H]1c1cccc(F)c1. The van der Waals surface area contributed by atoms with Crippen molar-refractivity contribution in [1.29, 1.82) is 0 Å². The molecule has 2 atom stereocenters. The molecule has 2 aromatic carbocycles. The molecule has 0 aliphatic carbocycles. The van der Waals surface area contributed by atoms with E-state index in [1.54, 1.807) is 17.9 Å². The number of benzene rings is 2. The van der Waals surface area contributed by atoms with Gasteiger partial charge in [0.15, 0.2) is 6.10 Å². The van der Waals surface area contributed by atoms with Crippen LogP contribution >= 0.6 is 0 Å². The van der Waals surface area contributed by atoms with Gasteiger partial charge < -0.3 is 15.0 Å². The van der Waals surface area contributed by atoms with Gasteiger partial charge in [-0.3, -0.25) is 9.59 Å². The van der Waals surface area contributed by atoms with Gasteiger partial charge in [0.05, 0.1) is 6.04 Å². The molecule has 1 aliphatic heterocycles. The molecule has 0 fully saturated rings. The molecule has 2 aromatic rings. The Morgan fingerprint density at radius 3 is 2.63 bits per heavy atom. The molecule has 3 rings (SSSR count). The van der Waals surface area contributed by atoms with Gasteiger partial charge in [0, 0.05) is 19.0 Å². The average molecular weight is 413 g/mol. The van der Waals surface area contributed by atoms with E-state index in [1.807, 2.05) is 45.0 Å². The highest BCUT2D eigenvalue weighted by molar-refractivity contribution is 5.81. The van der Waals surface area contributed by atoms with Gasteiger partial charge in [-0.25, -0.2) is 4.39 Å². The van der Waals surface area contributed by atoms with E-state index in [4.69, 9.17) is 4.74 Å². The summed E-state index contributed by atoms with van der Waals surface area (Å²) in [6, 6.07) is 11.7. The lowest BCUT2D eigenvalue weighted by Gasteiger charge is -2.38. The lowest BCUT2D eigenvalue weighted by molar-refractivity contribution is -0.133. The van der Waals surface area contributed by atoms with Gasteiger partial charge in [-0.2, -0.15) is 0 Å². The Morgan fingerprint density at radius 2 is 1.97 bits per heavy atom. The third-order valence-electron chi connectivity index (χ3n) is 5.25. The molecule has 30 heavy (non-hydrogen) atoms. The second-order valence-electron chi connectivity index (χ2n) is 7.93. The Balaban J connectivity index is 1.97. The molecule has 2 amide bonds. The molecule has 0 spiro atoms. The van der Waals surface area contributed by atoms with E-state index >= 15 is 0 Å². The summed E-state index contributed by atoms with van der Waals surface area (Å²) < 4.78 is 19.9. The molecule has 0 saturated carbocycles. The maximum atomic E-state index is 14.0. The van der Waals surface area contributed by atoms with Gasteiger partial charge in [0.1, 0.15) is 11.6 Å². The van der Waals surface area contributed by atoms with E-state index in [0.717, 1.165) is 23.1 Å². The topological polar surface area (TPSA) is 58.6 Å². The number of carbonyl (C=O) groups excluding carboxylic acids is 2. The van der Waals surface area contributed by atoms with Crippen LogP contribution in [-0.2, 0) is 16.0 Å². The first-order chi connectivity index (χ1) is 14.3. The van der Waals surface area contributed by atoms with Crippen molar-refractivity contribution in [1.82, 2.24) is 10.2 Å². The van der Waals surface area contributed by atoms with E-state index in [9.17, 15) is 14.0 Å². The Hall–Kier alpha value is -2.89. The first-order valence-corrected chi connectivity index (χ1v) is 10.4. The summed E-state index contributed by atoms with van der Waals surface area (Å²) in [6.45, 7) is 7.90. The lowest BCUT2D eigenvalue weighted by Crippen LogP contribution is -2.41. The molecule has 0 aromatic heterocycles. The summed E-state index contributed by atoms with van der Waals surface area (Å²) in [5, 5.41) is 2.84. The van der Waals surface area contributed by atoms with Gasteiger partial charge in [-0.05, 0) is 68.1 Å². The summed E-state index contributed by atoms with van der Waals surface area (Å²) in [7, 11) is 0. The average Bonchev–Trinajstić information content (AvgIpc) is 2.71. The third kappa shape index (κ3) is 4.81. The standard InChI is InChI=1S/C24H29FN2O3/c1-5-22(28)27-12-11-17-9-10-20(30-16(4)24(29)26-15(2)3)14-21(17)23(27)18-7-6-8-19(25)13-18/h6-10,13-16,23H,5,11-12H2,1-4H3,(H,26,29)/t16-,23-/m0/s1. The Bertz CT molecular complexity index is 928. The van der Waals surface area contributed by atoms with Gasteiger partial charge in [-0.15, -0.1) is 0 Å². The molecule has 0 saturated heterocycles. The van der Waals surface area contributed by atoms with Crippen LogP contribution in [0.1, 0.15) is 56.8 Å². The van der Waals surface area contributed by atoms with Crippen molar-refractivity contribution in [3.05, 3.63) is 65.0 Å². The highest BCUT2D eigenvalue weighted by atomic mass is 19.1. The predicted molar refractivity (Wildman–Crippen MR) is 114 cm³/mol. The lowest BCUT2D eigenvalue weighted by atomic mass is 9.87. The van der Waals surface area contributed by atoms with Crippen LogP contribution < -0.4 is 10.1 Å². The Kier molecular flexibility index (Phi) is 6.75. The first-order valence-electron chi connectivity index (χ1n) is 10.4. The van der Waals surface area contributed by atoms with Crippen molar-refractivity contribution in [3.63, 3.8) is 0 Å². The molecular weight excluding hydrogens is 383 g/mol. The first kappa shape index (κ1) is 21.8. The number of halogens is 1. The summed E-state index contributed by atoms with van der Waals surface area (Å²) in [4.78, 5) is 26.7. The minimum Gasteiger partial charge on any atom is -0.481 e. The van der Waals surface area contributed by atoms with Crippen molar-refractivity contribution >= 4 is 11.8 Å². The summed E-state index contributed by atoms with van der Waals surface area (Å²) in [5.74, 6) is 0.0420. The summed E-state index contributed by atoms with van der Waals surface area (Å²) >= 11 is 0. The fourth-order valence-electron chi connectivity index (χ4n) is 3.83. The minimum atomic E-state index is -0.657. The van der Waals surface area contributed by atoms with Gasteiger partial charge in [0.25, 0.3) is 5.91 Å². The zero-order valence-corrected chi connectivity index (χ0v) is 17.9. The number of amides is 2. The van der Waals surface area contributed by atoms with Crippen molar-refractivity contribution in [2.24, 2.45) is 0 Å². The van der Waals surface area contributed by atoms with Crippen LogP contribution in [0.2, 0.25) is 0 Å². The zero-order valence-electron chi connectivity index (χ0n) is 17.9. The fraction of sp³-hybridized carbons (Fsp3) is 0.417. The molecule has 5 nitrogen and oxygen atoms in total. The number of nitrogens with one attached hydrogen (secondary N) is 1. The number of hydrogen-bond donors (Lipinski definition) is 1. The van der Waals surface area contributed by atoms with Crippen LogP contribution in [0.3, 0.4) is 0 Å². The van der Waals surface area contributed by atoms with Crippen molar-refractivity contribution in [2.45, 2.75) is 58.7 Å². The van der Waals surface area contributed by atoms with E-state index in [-0.39, 0.29) is 29.7 Å². The maximum absolute atomic E-state index is 14.0. The number of fused-ring (bicyclic) bond motifs is 1. The van der Waals surface area contributed by atoms with Crippen LogP contribution in [0.25, 0.3) is 0 Å². The highest BCUT2D eigenvalue weighted by Gasteiger charge is 2.32. The van der Waals surface area contributed by atoms with E-state index in [0.29, 0.717) is 18.7 Å². The smallest absolute Gasteiger partial charge is 0.260 e. The van der Waals surface area contributed by atoms with Crippen LogP contribution in [-0.4, -0.2) is 35.4 Å². The minimum absolute atomic E-state index is 0.0194. The van der Waals surface area contributed by atoms with Crippen molar-refractivity contribution in [3.8, 4) is 5.75 Å². The van der Waals surface area contributed by atoms with Crippen LogP contribution in [0.15, 0.2) is 42.5 Å². The molecule has 0 radical (unpaired) electrons. The van der Waals surface area contributed by atoms with E-state index < -0.39 is 6.10 Å². The van der Waals surface area contributed by atoms with E-state index in [1.165, 1.54) is 12.1 Å². The third-order valence-corrected chi connectivity index (χ3v) is 5.25. The largest absolute Gasteiger partial charge is 0.481 e. The predicted octanol–water partition coefficient (Wildman–Crippen LogP) is 4.00. The number of nitrogens with zero attached hydrogens (tertiary/aromatic N) is 1. The molecule has 0 unspecified atom stereocenters. The molecule has 1 heterocycles. The molecule has 160 valence electrons. The molecule has 1 N–H and O–H groups in total. The summed E-state index contributed by atoms with van der Waals surface area (Å²) in [5.41, 5.74) is 2.72. The van der Waals surface area contributed by atoms with Crippen LogP contribution in [0.5, 0.6) is 5.75 Å². The monoisotopic (exact) mass is 412 g/mol. The quantitative estimate of drug-likeness (QED) is 0.780. The maximum Gasteiger partial charge on any atom is 0.260 e. The van der Waals surface area contributed by atoms with E-state index in [2.05, 4.69) is 5.32 Å². The van der Waals surface area contributed by atoms with Gasteiger partial charge >= 0.3 is 0 Å². The molecule has 6 heteroatoms. The van der Waals surface area contributed by atoms with Crippen molar-refractivity contribution in [2.75, 3.05) is 6.54 Å². The molecule has 1 aliphatic rings. The molecule has 0 bridgehead atoms.